The minimum absolute atomic E-state index is 0.0554. The van der Waals surface area contributed by atoms with Crippen molar-refractivity contribution in [1.29, 1.82) is 0 Å². The van der Waals surface area contributed by atoms with Crippen LogP contribution in [0.1, 0.15) is 26.2 Å². The largest absolute Gasteiger partial charge is 0.394 e. The van der Waals surface area contributed by atoms with Crippen molar-refractivity contribution in [3.8, 4) is 0 Å². The highest BCUT2D eigenvalue weighted by Crippen LogP contribution is 2.39. The fraction of sp³-hybridized carbons (Fsp3) is 1.00. The van der Waals surface area contributed by atoms with Crippen LogP contribution in [-0.2, 0) is 66.3 Å². The van der Waals surface area contributed by atoms with Crippen LogP contribution in [-0.4, -0.2) is 359 Å². The third-order valence-electron chi connectivity index (χ3n) is 15.7. The van der Waals surface area contributed by atoms with E-state index in [4.69, 9.17) is 66.3 Å². The zero-order valence-corrected chi connectivity index (χ0v) is 43.3. The molecular weight excluding hydrogens is 1090 g/mol. The van der Waals surface area contributed by atoms with E-state index >= 15 is 0 Å². The SMILES string of the molecule is CCCCC1OC2OC3C(CO)OC(OC4C(CO)OC(OC5C(CO)OC(OC6C(CNC)OC(OC7C(CO)OC(OC8C(CO)OC(OC1C(O)C2O)C(O)C8O)C(O)C7O)C(O)C6O)C(O)C5O)C(O)C4O)C(O)C3O. The van der Waals surface area contributed by atoms with Crippen molar-refractivity contribution in [2.75, 3.05) is 46.6 Å². The molecule has 21 aliphatic rings. The maximum absolute atomic E-state index is 11.6. The molecule has 20 N–H and O–H groups in total. The Kier molecular flexibility index (Phi) is 22.6. The van der Waals surface area contributed by atoms with E-state index in [-0.39, 0.29) is 13.0 Å². The minimum Gasteiger partial charge on any atom is -0.394 e. The van der Waals surface area contributed by atoms with Crippen molar-refractivity contribution in [3.63, 3.8) is 0 Å². The molecule has 34 heteroatoms. The van der Waals surface area contributed by atoms with Crippen LogP contribution in [0.25, 0.3) is 0 Å². The van der Waals surface area contributed by atoms with Gasteiger partial charge in [-0.1, -0.05) is 19.8 Å². The van der Waals surface area contributed by atoms with Gasteiger partial charge in [0, 0.05) is 6.54 Å². The van der Waals surface area contributed by atoms with Crippen LogP contribution in [0.5, 0.6) is 0 Å². The van der Waals surface area contributed by atoms with Crippen molar-refractivity contribution < 1.29 is 163 Å². The Morgan fingerprint density at radius 1 is 0.263 bits per heavy atom. The Balaban J connectivity index is 1.09. The normalized spacial score (nSPS) is 53.7. The van der Waals surface area contributed by atoms with E-state index < -0.39 is 248 Å². The summed E-state index contributed by atoms with van der Waals surface area (Å²) in [5.74, 6) is 0. The topological polar surface area (TPSA) is 526 Å². The number of hydrogen-bond acceptors (Lipinski definition) is 34. The molecule has 80 heavy (non-hydrogen) atoms. The highest BCUT2D eigenvalue weighted by atomic mass is 16.8. The van der Waals surface area contributed by atoms with Gasteiger partial charge in [-0.2, -0.15) is 0 Å². The molecule has 34 nitrogen and oxygen atoms in total. The van der Waals surface area contributed by atoms with E-state index in [1.807, 2.05) is 6.92 Å². The summed E-state index contributed by atoms with van der Waals surface area (Å²) in [4.78, 5) is 0. The van der Waals surface area contributed by atoms with Gasteiger partial charge in [-0.15, -0.1) is 0 Å². The second-order valence-corrected chi connectivity index (χ2v) is 21.0. The molecule has 21 heterocycles. The van der Waals surface area contributed by atoms with Gasteiger partial charge in [0.05, 0.1) is 39.1 Å². The highest BCUT2D eigenvalue weighted by Gasteiger charge is 2.59. The Hall–Kier alpha value is -1.36. The third-order valence-corrected chi connectivity index (χ3v) is 15.7. The van der Waals surface area contributed by atoms with Gasteiger partial charge in [0.25, 0.3) is 0 Å². The second-order valence-electron chi connectivity index (χ2n) is 21.0. The summed E-state index contributed by atoms with van der Waals surface area (Å²) in [5, 5.41) is 215. The third kappa shape index (κ3) is 13.0. The quantitative estimate of drug-likeness (QED) is 0.0966. The number of unbranched alkanes of at least 4 members (excludes halogenated alkanes) is 1. The van der Waals surface area contributed by atoms with E-state index in [2.05, 4.69) is 5.32 Å². The molecule has 0 radical (unpaired) electrons. The number of rotatable bonds is 10. The fourth-order valence-electron chi connectivity index (χ4n) is 11.1. The monoisotopic (exact) mass is 1170 g/mol. The minimum atomic E-state index is -2.17. The number of nitrogens with one attached hydrogen (secondary N) is 1. The molecule has 0 aromatic carbocycles. The number of aliphatic hydroxyl groups excluding tert-OH is 19. The summed E-state index contributed by atoms with van der Waals surface area (Å²) in [6.45, 7) is -3.37. The van der Waals surface area contributed by atoms with Crippen LogP contribution in [0.3, 0.4) is 0 Å². The summed E-state index contributed by atoms with van der Waals surface area (Å²) >= 11 is 0. The lowest BCUT2D eigenvalue weighted by atomic mass is 9.93. The second kappa shape index (κ2) is 28.0. The van der Waals surface area contributed by atoms with E-state index in [1.54, 1.807) is 0 Å². The molecule has 0 aromatic rings. The summed E-state index contributed by atoms with van der Waals surface area (Å²) in [7, 11) is 1.45. The van der Waals surface area contributed by atoms with Gasteiger partial charge in [-0.25, -0.2) is 0 Å². The Morgan fingerprint density at radius 3 is 0.650 bits per heavy atom. The summed E-state index contributed by atoms with van der Waals surface area (Å²) < 4.78 is 81.9. The van der Waals surface area contributed by atoms with E-state index in [1.165, 1.54) is 7.05 Å². The average Bonchev–Trinajstić information content (AvgIpc) is 3.50. The summed E-state index contributed by atoms with van der Waals surface area (Å²) in [5.41, 5.74) is 0. The highest BCUT2D eigenvalue weighted by molar-refractivity contribution is 5.02. The predicted molar refractivity (Wildman–Crippen MR) is 248 cm³/mol. The first-order chi connectivity index (χ1) is 38.2. The number of aliphatic hydroxyl groups is 19. The van der Waals surface area contributed by atoms with Gasteiger partial charge in [-0.05, 0) is 13.5 Å². The molecule has 35 unspecified atom stereocenters. The van der Waals surface area contributed by atoms with Crippen LogP contribution in [0, 0.1) is 0 Å². The molecule has 0 spiro atoms. The molecule has 466 valence electrons. The molecule has 0 saturated carbocycles. The van der Waals surface area contributed by atoms with Crippen molar-refractivity contribution in [3.05, 3.63) is 0 Å². The maximum atomic E-state index is 11.6. The molecule has 21 aliphatic heterocycles. The Bertz CT molecular complexity index is 1880. The van der Waals surface area contributed by atoms with E-state index in [0.717, 1.165) is 0 Å². The zero-order valence-electron chi connectivity index (χ0n) is 43.3. The molecule has 21 saturated heterocycles. The predicted octanol–water partition coefficient (Wildman–Crippen LogP) is -12.8. The molecule has 0 aromatic heterocycles. The average molecular weight is 1170 g/mol. The smallest absolute Gasteiger partial charge is 0.187 e. The van der Waals surface area contributed by atoms with Crippen LogP contribution < -0.4 is 5.32 Å². The van der Waals surface area contributed by atoms with Crippen LogP contribution >= 0.6 is 0 Å². The lowest BCUT2D eigenvalue weighted by Gasteiger charge is -2.50. The summed E-state index contributed by atoms with van der Waals surface area (Å²) in [6.07, 6.45) is -65.5. The first kappa shape index (κ1) is 64.6. The van der Waals surface area contributed by atoms with Gasteiger partial charge >= 0.3 is 0 Å². The number of hydrogen-bond donors (Lipinski definition) is 20. The molecule has 35 atom stereocenters. The van der Waals surface area contributed by atoms with Gasteiger partial charge in [0.1, 0.15) is 165 Å². The molecule has 21 rings (SSSR count). The fourth-order valence-corrected chi connectivity index (χ4v) is 11.1. The van der Waals surface area contributed by atoms with Gasteiger partial charge in [-0.3, -0.25) is 0 Å². The van der Waals surface area contributed by atoms with Gasteiger partial charge < -0.3 is 169 Å². The maximum Gasteiger partial charge on any atom is 0.187 e. The van der Waals surface area contributed by atoms with Crippen LogP contribution in [0.15, 0.2) is 0 Å². The molecule has 14 bridgehead atoms. The van der Waals surface area contributed by atoms with Crippen LogP contribution in [0.4, 0.5) is 0 Å². The zero-order chi connectivity index (χ0) is 58.2. The Labute approximate surface area is 455 Å². The summed E-state index contributed by atoms with van der Waals surface area (Å²) in [6, 6.07) is 0. The van der Waals surface area contributed by atoms with E-state index in [0.29, 0.717) is 12.8 Å². The lowest BCUT2D eigenvalue weighted by molar-refractivity contribution is -0.396. The van der Waals surface area contributed by atoms with Crippen molar-refractivity contribution in [1.82, 2.24) is 5.32 Å². The molecule has 0 aliphatic carbocycles. The number of ether oxygens (including phenoxy) is 14. The lowest BCUT2D eigenvalue weighted by Crippen LogP contribution is -2.68. The van der Waals surface area contributed by atoms with Crippen molar-refractivity contribution in [2.45, 2.75) is 241 Å². The van der Waals surface area contributed by atoms with Crippen molar-refractivity contribution in [2.24, 2.45) is 0 Å². The molecule has 21 fully saturated rings. The van der Waals surface area contributed by atoms with E-state index in [9.17, 15) is 97.0 Å². The van der Waals surface area contributed by atoms with Crippen molar-refractivity contribution >= 4 is 0 Å². The molecular formula is C46H79NO33. The number of likely N-dealkylation sites (N-methyl/N-ethyl adjacent to an activating group) is 1. The van der Waals surface area contributed by atoms with Gasteiger partial charge in [0.2, 0.25) is 0 Å². The van der Waals surface area contributed by atoms with Gasteiger partial charge in [0.15, 0.2) is 44.0 Å². The molecule has 0 amide bonds. The standard InChI is InChI=1S/C46H79NO33/c1-3-4-5-12-33-19(53)26(60)40(67-12)76-35-14(7-48)71-44(30(64)23(35)57)80-39-18(11-52)73-46(32(66)25(39)59)79-38-17(10-51)70-43(29(63)22(38)56)75-34-13(6-47-2)68-41(27(61)20(34)54)77-36-15(8-49)72-45(31(65)24(36)58)78-37-16(9-50)69-42(74-33)28(62)21(37)55/h12-66H,3-11H2,1-2H3. The Morgan fingerprint density at radius 2 is 0.450 bits per heavy atom. The first-order valence-corrected chi connectivity index (χ1v) is 26.5. The van der Waals surface area contributed by atoms with Crippen LogP contribution in [0.2, 0.25) is 0 Å². The first-order valence-electron chi connectivity index (χ1n) is 26.5.